The maximum atomic E-state index is 11.6. The van der Waals surface area contributed by atoms with Crippen LogP contribution in [0.4, 0.5) is 0 Å². The van der Waals surface area contributed by atoms with Crippen molar-refractivity contribution in [2.75, 3.05) is 28.4 Å². The molecule has 0 aromatic heterocycles. The predicted octanol–water partition coefficient (Wildman–Crippen LogP) is 3.09. The Hall–Kier alpha value is -2.89. The monoisotopic (exact) mass is 318 g/mol. The van der Waals surface area contributed by atoms with Crippen LogP contribution in [0.5, 0.6) is 23.0 Å². The molecule has 6 nitrogen and oxygen atoms in total. The maximum Gasteiger partial charge on any atom is 0.336 e. The summed E-state index contributed by atoms with van der Waals surface area (Å²) in [5, 5.41) is 9.46. The van der Waals surface area contributed by atoms with E-state index in [0.29, 0.717) is 34.1 Å². The van der Waals surface area contributed by atoms with Gasteiger partial charge in [-0.25, -0.2) is 4.79 Å². The first kappa shape index (κ1) is 16.5. The van der Waals surface area contributed by atoms with Crippen molar-refractivity contribution in [1.82, 2.24) is 0 Å². The smallest absolute Gasteiger partial charge is 0.336 e. The fourth-order valence-corrected chi connectivity index (χ4v) is 2.40. The molecule has 0 radical (unpaired) electrons. The van der Waals surface area contributed by atoms with Crippen LogP contribution in [0, 0.1) is 0 Å². The fourth-order valence-electron chi connectivity index (χ4n) is 2.40. The molecule has 0 spiro atoms. The Morgan fingerprint density at radius 2 is 1.43 bits per heavy atom. The normalized spacial score (nSPS) is 10.1. The molecule has 1 N–H and O–H groups in total. The van der Waals surface area contributed by atoms with Gasteiger partial charge in [-0.15, -0.1) is 0 Å². The number of carbonyl (C=O) groups is 1. The van der Waals surface area contributed by atoms with Crippen LogP contribution in [0.15, 0.2) is 30.3 Å². The highest BCUT2D eigenvalue weighted by atomic mass is 16.5. The van der Waals surface area contributed by atoms with Gasteiger partial charge in [0.05, 0.1) is 34.0 Å². The van der Waals surface area contributed by atoms with Crippen molar-refractivity contribution in [3.63, 3.8) is 0 Å². The van der Waals surface area contributed by atoms with Crippen LogP contribution < -0.4 is 18.9 Å². The number of rotatable bonds is 6. The van der Waals surface area contributed by atoms with Crippen LogP contribution in [0.25, 0.3) is 11.1 Å². The molecule has 0 aliphatic heterocycles. The van der Waals surface area contributed by atoms with E-state index in [9.17, 15) is 9.90 Å². The third kappa shape index (κ3) is 3.01. The largest absolute Gasteiger partial charge is 0.496 e. The molecule has 0 atom stereocenters. The van der Waals surface area contributed by atoms with Gasteiger partial charge in [-0.05, 0) is 29.8 Å². The molecule has 0 amide bonds. The Bertz CT molecular complexity index is 698. The van der Waals surface area contributed by atoms with Gasteiger partial charge in [-0.2, -0.15) is 0 Å². The molecule has 2 rings (SSSR count). The average molecular weight is 318 g/mol. The first-order valence-electron chi connectivity index (χ1n) is 6.78. The molecule has 0 saturated heterocycles. The van der Waals surface area contributed by atoms with Crippen molar-refractivity contribution in [3.05, 3.63) is 35.9 Å². The first-order chi connectivity index (χ1) is 11.1. The number of carboxylic acids is 1. The van der Waals surface area contributed by atoms with Crippen LogP contribution >= 0.6 is 0 Å². The van der Waals surface area contributed by atoms with Crippen molar-refractivity contribution in [2.24, 2.45) is 0 Å². The zero-order valence-corrected chi connectivity index (χ0v) is 13.4. The van der Waals surface area contributed by atoms with E-state index < -0.39 is 5.97 Å². The van der Waals surface area contributed by atoms with E-state index in [1.807, 2.05) is 0 Å². The summed E-state index contributed by atoms with van der Waals surface area (Å²) in [6.07, 6.45) is 0. The van der Waals surface area contributed by atoms with Crippen LogP contribution in [-0.2, 0) is 0 Å². The summed E-state index contributed by atoms with van der Waals surface area (Å²) in [7, 11) is 6.00. The summed E-state index contributed by atoms with van der Waals surface area (Å²) in [4.78, 5) is 11.6. The minimum atomic E-state index is -1.05. The quantitative estimate of drug-likeness (QED) is 0.882. The minimum Gasteiger partial charge on any atom is -0.496 e. The number of methoxy groups -OCH3 is 4. The van der Waals surface area contributed by atoms with Crippen molar-refractivity contribution >= 4 is 5.97 Å². The Kier molecular flexibility index (Phi) is 4.95. The highest BCUT2D eigenvalue weighted by Crippen LogP contribution is 2.44. The van der Waals surface area contributed by atoms with Gasteiger partial charge in [0.2, 0.25) is 5.75 Å². The number of benzene rings is 2. The van der Waals surface area contributed by atoms with Crippen molar-refractivity contribution < 1.29 is 28.8 Å². The highest BCUT2D eigenvalue weighted by Gasteiger charge is 2.21. The summed E-state index contributed by atoms with van der Waals surface area (Å²) < 4.78 is 21.2. The third-order valence-electron chi connectivity index (χ3n) is 3.43. The second-order valence-corrected chi connectivity index (χ2v) is 4.60. The van der Waals surface area contributed by atoms with Crippen LogP contribution in [0.1, 0.15) is 10.4 Å². The number of aromatic carboxylic acids is 1. The zero-order valence-electron chi connectivity index (χ0n) is 13.4. The Balaban J connectivity index is 2.79. The second-order valence-electron chi connectivity index (χ2n) is 4.60. The molecule has 0 aliphatic carbocycles. The van der Waals surface area contributed by atoms with E-state index in [1.54, 1.807) is 24.3 Å². The number of hydrogen-bond donors (Lipinski definition) is 1. The third-order valence-corrected chi connectivity index (χ3v) is 3.43. The van der Waals surface area contributed by atoms with Crippen LogP contribution in [0.3, 0.4) is 0 Å². The second kappa shape index (κ2) is 6.91. The van der Waals surface area contributed by atoms with Gasteiger partial charge in [-0.1, -0.05) is 6.07 Å². The Morgan fingerprint density at radius 1 is 0.870 bits per heavy atom. The van der Waals surface area contributed by atoms with Crippen molar-refractivity contribution in [2.45, 2.75) is 0 Å². The van der Waals surface area contributed by atoms with E-state index in [2.05, 4.69) is 0 Å². The summed E-state index contributed by atoms with van der Waals surface area (Å²) in [6.45, 7) is 0. The Labute approximate surface area is 134 Å². The number of carboxylic acid groups (broad SMARTS) is 1. The Morgan fingerprint density at radius 3 is 1.87 bits per heavy atom. The molecular weight excluding hydrogens is 300 g/mol. The molecule has 6 heteroatoms. The predicted molar refractivity (Wildman–Crippen MR) is 85.0 cm³/mol. The lowest BCUT2D eigenvalue weighted by Crippen LogP contribution is -2.02. The standard InChI is InChI=1S/C17H18O6/c1-20-12-7-5-6-11(17(18)19)15(12)10-8-13(21-2)16(23-4)14(9-10)22-3/h5-9H,1-4H3,(H,18,19). The lowest BCUT2D eigenvalue weighted by molar-refractivity contribution is 0.0697. The summed E-state index contributed by atoms with van der Waals surface area (Å²) in [6, 6.07) is 8.22. The van der Waals surface area contributed by atoms with Gasteiger partial charge in [0.1, 0.15) is 5.75 Å². The van der Waals surface area contributed by atoms with Gasteiger partial charge >= 0.3 is 5.97 Å². The maximum absolute atomic E-state index is 11.6. The lowest BCUT2D eigenvalue weighted by atomic mass is 9.97. The van der Waals surface area contributed by atoms with E-state index >= 15 is 0 Å². The summed E-state index contributed by atoms with van der Waals surface area (Å²) in [5.41, 5.74) is 1.16. The molecule has 122 valence electrons. The van der Waals surface area contributed by atoms with Gasteiger partial charge in [0, 0.05) is 5.56 Å². The van der Waals surface area contributed by atoms with E-state index in [4.69, 9.17) is 18.9 Å². The molecule has 0 heterocycles. The molecular formula is C17H18O6. The minimum absolute atomic E-state index is 0.124. The zero-order chi connectivity index (χ0) is 17.0. The topological polar surface area (TPSA) is 74.2 Å². The van der Waals surface area contributed by atoms with E-state index in [-0.39, 0.29) is 5.56 Å². The van der Waals surface area contributed by atoms with Crippen LogP contribution in [0.2, 0.25) is 0 Å². The molecule has 0 unspecified atom stereocenters. The molecule has 0 fully saturated rings. The van der Waals surface area contributed by atoms with E-state index in [1.165, 1.54) is 34.5 Å². The first-order valence-corrected chi connectivity index (χ1v) is 6.78. The average Bonchev–Trinajstić information content (AvgIpc) is 2.59. The summed E-state index contributed by atoms with van der Waals surface area (Å²) >= 11 is 0. The summed E-state index contributed by atoms with van der Waals surface area (Å²) in [5.74, 6) is 0.700. The van der Waals surface area contributed by atoms with Gasteiger partial charge in [-0.3, -0.25) is 0 Å². The molecule has 2 aromatic rings. The molecule has 2 aromatic carbocycles. The number of hydrogen-bond acceptors (Lipinski definition) is 5. The van der Waals surface area contributed by atoms with Gasteiger partial charge in [0.15, 0.2) is 11.5 Å². The lowest BCUT2D eigenvalue weighted by Gasteiger charge is -2.17. The van der Waals surface area contributed by atoms with Crippen molar-refractivity contribution in [1.29, 1.82) is 0 Å². The van der Waals surface area contributed by atoms with E-state index in [0.717, 1.165) is 0 Å². The SMILES string of the molecule is COc1cc(-c2c(OC)cccc2C(=O)O)cc(OC)c1OC. The van der Waals surface area contributed by atoms with Gasteiger partial charge < -0.3 is 24.1 Å². The molecule has 0 saturated carbocycles. The molecule has 0 bridgehead atoms. The fraction of sp³-hybridized carbons (Fsp3) is 0.235. The molecule has 23 heavy (non-hydrogen) atoms. The molecule has 0 aliphatic rings. The van der Waals surface area contributed by atoms with Crippen LogP contribution in [-0.4, -0.2) is 39.5 Å². The van der Waals surface area contributed by atoms with Gasteiger partial charge in [0.25, 0.3) is 0 Å². The number of ether oxygens (including phenoxy) is 4. The highest BCUT2D eigenvalue weighted by molar-refractivity contribution is 5.98. The van der Waals surface area contributed by atoms with Crippen molar-refractivity contribution in [3.8, 4) is 34.1 Å².